The van der Waals surface area contributed by atoms with Crippen LogP contribution in [0.25, 0.3) is 54.9 Å². The summed E-state index contributed by atoms with van der Waals surface area (Å²) >= 11 is 0. The van der Waals surface area contributed by atoms with E-state index in [1.165, 1.54) is 104 Å². The second kappa shape index (κ2) is 14.7. The molecule has 270 valence electrons. The Hall–Kier alpha value is -5.92. The molecule has 0 bridgehead atoms. The Kier molecular flexibility index (Phi) is 9.32. The van der Waals surface area contributed by atoms with Crippen molar-refractivity contribution in [2.75, 3.05) is 4.90 Å². The predicted octanol–water partition coefficient (Wildman–Crippen LogP) is 15.8. The molecule has 0 saturated heterocycles. The molecule has 1 nitrogen and oxygen atoms in total. The van der Waals surface area contributed by atoms with Gasteiger partial charge >= 0.3 is 0 Å². The third kappa shape index (κ3) is 6.74. The Morgan fingerprint density at radius 3 is 1.69 bits per heavy atom. The fraction of sp³-hybridized carbons (Fsp3) is 0.185. The standard InChI is InChI=1S/C54H49N/c1-54(2,3)43-34-30-41(31-35-43)47-23-9-11-28-51(47)55(44-36-32-40(33-37-44)46-25-13-19-38-18-7-8-22-45(38)46)52-29-12-10-24-49(52)50-27-15-21-42-20-14-26-48(53(42)50)39-16-5-4-6-17-39/h7-15,18-37,39H,4-6,16-17H2,1-3H3. The summed E-state index contributed by atoms with van der Waals surface area (Å²) in [5.74, 6) is 0.597. The number of fused-ring (bicyclic) bond motifs is 2. The van der Waals surface area contributed by atoms with E-state index in [0.717, 1.165) is 11.4 Å². The van der Waals surface area contributed by atoms with Gasteiger partial charge < -0.3 is 4.90 Å². The van der Waals surface area contributed by atoms with E-state index in [9.17, 15) is 0 Å². The van der Waals surface area contributed by atoms with Crippen LogP contribution >= 0.6 is 0 Å². The Labute approximate surface area is 326 Å². The molecule has 0 spiro atoms. The lowest BCUT2D eigenvalue weighted by molar-refractivity contribution is 0.445. The third-order valence-electron chi connectivity index (χ3n) is 11.9. The van der Waals surface area contributed by atoms with Crippen LogP contribution in [0.3, 0.4) is 0 Å². The van der Waals surface area contributed by atoms with Crippen LogP contribution in [0.15, 0.2) is 176 Å². The van der Waals surface area contributed by atoms with Gasteiger partial charge in [-0.25, -0.2) is 0 Å². The molecule has 0 amide bonds. The molecule has 1 saturated carbocycles. The van der Waals surface area contributed by atoms with E-state index >= 15 is 0 Å². The van der Waals surface area contributed by atoms with Crippen molar-refractivity contribution >= 4 is 38.6 Å². The van der Waals surface area contributed by atoms with Gasteiger partial charge in [0.2, 0.25) is 0 Å². The molecule has 1 aliphatic rings. The maximum atomic E-state index is 2.50. The molecule has 0 aromatic heterocycles. The third-order valence-corrected chi connectivity index (χ3v) is 11.9. The fourth-order valence-electron chi connectivity index (χ4n) is 8.98. The average molecular weight is 712 g/mol. The Morgan fingerprint density at radius 1 is 0.436 bits per heavy atom. The van der Waals surface area contributed by atoms with Crippen LogP contribution in [0.4, 0.5) is 17.1 Å². The number of benzene rings is 8. The van der Waals surface area contributed by atoms with Crippen molar-refractivity contribution in [2.45, 2.75) is 64.2 Å². The maximum absolute atomic E-state index is 2.50. The van der Waals surface area contributed by atoms with Crippen LogP contribution in [0.2, 0.25) is 0 Å². The zero-order valence-corrected chi connectivity index (χ0v) is 32.3. The van der Waals surface area contributed by atoms with Gasteiger partial charge in [0.1, 0.15) is 0 Å². The van der Waals surface area contributed by atoms with Crippen LogP contribution in [0.1, 0.15) is 69.9 Å². The lowest BCUT2D eigenvalue weighted by Crippen LogP contribution is -2.13. The Bertz CT molecular complexity index is 2590. The summed E-state index contributed by atoms with van der Waals surface area (Å²) in [6.45, 7) is 6.84. The minimum atomic E-state index is 0.0871. The molecule has 8 aromatic carbocycles. The molecular weight excluding hydrogens is 663 g/mol. The monoisotopic (exact) mass is 711 g/mol. The highest BCUT2D eigenvalue weighted by Gasteiger charge is 2.24. The number of anilines is 3. The molecule has 0 atom stereocenters. The topological polar surface area (TPSA) is 3.24 Å². The molecule has 9 rings (SSSR count). The number of nitrogens with zero attached hydrogens (tertiary/aromatic N) is 1. The van der Waals surface area contributed by atoms with Gasteiger partial charge in [-0.3, -0.25) is 0 Å². The van der Waals surface area contributed by atoms with Crippen LogP contribution in [-0.2, 0) is 5.41 Å². The van der Waals surface area contributed by atoms with Gasteiger partial charge in [0.05, 0.1) is 11.4 Å². The summed E-state index contributed by atoms with van der Waals surface area (Å²) in [6.07, 6.45) is 6.52. The fourth-order valence-corrected chi connectivity index (χ4v) is 8.98. The highest BCUT2D eigenvalue weighted by atomic mass is 15.1. The van der Waals surface area contributed by atoms with Crippen molar-refractivity contribution < 1.29 is 0 Å². The molecule has 0 aliphatic heterocycles. The van der Waals surface area contributed by atoms with Crippen molar-refractivity contribution in [2.24, 2.45) is 0 Å². The second-order valence-corrected chi connectivity index (χ2v) is 16.4. The zero-order chi connectivity index (χ0) is 37.4. The van der Waals surface area contributed by atoms with Crippen LogP contribution in [0.5, 0.6) is 0 Å². The molecule has 0 unspecified atom stereocenters. The lowest BCUT2D eigenvalue weighted by Gasteiger charge is -2.31. The largest absolute Gasteiger partial charge is 0.309 e. The maximum Gasteiger partial charge on any atom is 0.0540 e. The summed E-state index contributed by atoms with van der Waals surface area (Å²) in [5, 5.41) is 5.25. The predicted molar refractivity (Wildman–Crippen MR) is 237 cm³/mol. The number of hydrogen-bond acceptors (Lipinski definition) is 1. The molecule has 0 radical (unpaired) electrons. The summed E-state index contributed by atoms with van der Waals surface area (Å²) in [6, 6.07) is 65.6. The van der Waals surface area contributed by atoms with Gasteiger partial charge in [-0.05, 0) is 103 Å². The van der Waals surface area contributed by atoms with E-state index in [-0.39, 0.29) is 5.41 Å². The van der Waals surface area contributed by atoms with Crippen LogP contribution in [0, 0.1) is 0 Å². The van der Waals surface area contributed by atoms with Crippen LogP contribution < -0.4 is 4.90 Å². The van der Waals surface area contributed by atoms with E-state index < -0.39 is 0 Å². The molecule has 1 aliphatic carbocycles. The normalized spacial score (nSPS) is 13.7. The molecule has 0 N–H and O–H groups in total. The van der Waals surface area contributed by atoms with Crippen LogP contribution in [-0.4, -0.2) is 0 Å². The first-order valence-corrected chi connectivity index (χ1v) is 20.1. The minimum Gasteiger partial charge on any atom is -0.309 e. The van der Waals surface area contributed by atoms with Crippen molar-refractivity contribution in [1.82, 2.24) is 0 Å². The van der Waals surface area contributed by atoms with E-state index in [1.54, 1.807) is 0 Å². The first kappa shape index (κ1) is 34.8. The SMILES string of the molecule is CC(C)(C)c1ccc(-c2ccccc2N(c2ccc(-c3cccc4ccccc34)cc2)c2ccccc2-c2cccc3cccc(C4CCCCC4)c23)cc1. The van der Waals surface area contributed by atoms with Crippen molar-refractivity contribution in [3.63, 3.8) is 0 Å². The van der Waals surface area contributed by atoms with Gasteiger partial charge in [0.15, 0.2) is 0 Å². The summed E-state index contributed by atoms with van der Waals surface area (Å²) in [5.41, 5.74) is 13.8. The first-order valence-electron chi connectivity index (χ1n) is 20.1. The number of hydrogen-bond donors (Lipinski definition) is 0. The lowest BCUT2D eigenvalue weighted by atomic mass is 9.80. The summed E-state index contributed by atoms with van der Waals surface area (Å²) in [4.78, 5) is 2.50. The van der Waals surface area contributed by atoms with Gasteiger partial charge in [0, 0.05) is 16.8 Å². The molecule has 8 aromatic rings. The quantitative estimate of drug-likeness (QED) is 0.159. The van der Waals surface area contributed by atoms with Crippen molar-refractivity contribution in [3.05, 3.63) is 187 Å². The minimum absolute atomic E-state index is 0.0871. The number of para-hydroxylation sites is 2. The highest BCUT2D eigenvalue weighted by molar-refractivity contribution is 6.04. The molecule has 1 heteroatoms. The molecule has 55 heavy (non-hydrogen) atoms. The van der Waals surface area contributed by atoms with Gasteiger partial charge in [-0.2, -0.15) is 0 Å². The first-order chi connectivity index (χ1) is 26.9. The Balaban J connectivity index is 1.25. The van der Waals surface area contributed by atoms with Gasteiger partial charge in [-0.1, -0.05) is 192 Å². The average Bonchev–Trinajstić information content (AvgIpc) is 3.24. The van der Waals surface area contributed by atoms with E-state index in [2.05, 4.69) is 202 Å². The molecule has 1 fully saturated rings. The number of rotatable bonds is 7. The summed E-state index contributed by atoms with van der Waals surface area (Å²) < 4.78 is 0. The van der Waals surface area contributed by atoms with Gasteiger partial charge in [0.25, 0.3) is 0 Å². The molecular formula is C54H49N. The zero-order valence-electron chi connectivity index (χ0n) is 32.3. The van der Waals surface area contributed by atoms with Crippen molar-refractivity contribution in [1.29, 1.82) is 0 Å². The Morgan fingerprint density at radius 2 is 0.964 bits per heavy atom. The highest BCUT2D eigenvalue weighted by Crippen LogP contribution is 2.48. The smallest absolute Gasteiger partial charge is 0.0540 e. The van der Waals surface area contributed by atoms with E-state index in [0.29, 0.717) is 5.92 Å². The van der Waals surface area contributed by atoms with Crippen molar-refractivity contribution in [3.8, 4) is 33.4 Å². The van der Waals surface area contributed by atoms with E-state index in [1.807, 2.05) is 0 Å². The van der Waals surface area contributed by atoms with Gasteiger partial charge in [-0.15, -0.1) is 0 Å². The van der Waals surface area contributed by atoms with E-state index in [4.69, 9.17) is 0 Å². The second-order valence-electron chi connectivity index (χ2n) is 16.4. The summed E-state index contributed by atoms with van der Waals surface area (Å²) in [7, 11) is 0. The molecule has 0 heterocycles.